The maximum absolute atomic E-state index is 11.9. The van der Waals surface area contributed by atoms with E-state index < -0.39 is 41.3 Å². The molecule has 1 aliphatic carbocycles. The maximum atomic E-state index is 11.9. The zero-order valence-corrected chi connectivity index (χ0v) is 17.1. The molecule has 0 spiro atoms. The summed E-state index contributed by atoms with van der Waals surface area (Å²) in [5.74, 6) is -0.325. The lowest BCUT2D eigenvalue weighted by molar-refractivity contribution is 0.153. The van der Waals surface area contributed by atoms with E-state index in [1.807, 2.05) is 0 Å². The van der Waals surface area contributed by atoms with Crippen LogP contribution < -0.4 is 11.2 Å². The number of H-pyrrole nitrogens is 1. The molecule has 14 nitrogen and oxygen atoms in total. The van der Waals surface area contributed by atoms with Crippen molar-refractivity contribution in [1.29, 1.82) is 0 Å². The Morgan fingerprint density at radius 2 is 1.75 bits per heavy atom. The van der Waals surface area contributed by atoms with Gasteiger partial charge in [0.05, 0.1) is 6.61 Å². The number of aromatic nitrogens is 2. The summed E-state index contributed by atoms with van der Waals surface area (Å²) < 4.78 is 46.7. The van der Waals surface area contributed by atoms with Gasteiger partial charge in [-0.2, -0.15) is 8.62 Å². The Morgan fingerprint density at radius 1 is 1.11 bits per heavy atom. The number of phosphoric acid groups is 3. The van der Waals surface area contributed by atoms with E-state index in [0.29, 0.717) is 24.8 Å². The molecule has 4 unspecified atom stereocenters. The third kappa shape index (κ3) is 6.85. The molecule has 0 radical (unpaired) electrons. The molecule has 2 rings (SSSR count). The van der Waals surface area contributed by atoms with Gasteiger partial charge in [-0.3, -0.25) is 18.9 Å². The van der Waals surface area contributed by atoms with Gasteiger partial charge < -0.3 is 19.6 Å². The maximum Gasteiger partial charge on any atom is 0.490 e. The molecule has 1 heterocycles. The molecule has 28 heavy (non-hydrogen) atoms. The fourth-order valence-corrected chi connectivity index (χ4v) is 5.91. The first-order chi connectivity index (χ1) is 12.7. The van der Waals surface area contributed by atoms with Gasteiger partial charge >= 0.3 is 29.2 Å². The van der Waals surface area contributed by atoms with Crippen LogP contribution in [0.15, 0.2) is 15.8 Å². The first-order valence-electron chi connectivity index (χ1n) is 7.78. The van der Waals surface area contributed by atoms with Crippen LogP contribution in [0.3, 0.4) is 0 Å². The number of rotatable bonds is 8. The van der Waals surface area contributed by atoms with Crippen molar-refractivity contribution in [2.24, 2.45) is 5.92 Å². The number of hydrogen-bond donors (Lipinski definition) is 5. The zero-order chi connectivity index (χ0) is 21.3. The molecule has 17 heteroatoms. The highest BCUT2D eigenvalue weighted by molar-refractivity contribution is 7.66. The molecular formula is C11H19N2O12P3. The highest BCUT2D eigenvalue weighted by atomic mass is 31.3. The topological polar surface area (TPSA) is 215 Å². The van der Waals surface area contributed by atoms with E-state index in [9.17, 15) is 28.2 Å². The van der Waals surface area contributed by atoms with E-state index in [4.69, 9.17) is 14.7 Å². The summed E-state index contributed by atoms with van der Waals surface area (Å²) in [4.78, 5) is 61.0. The molecule has 0 aromatic carbocycles. The molecule has 4 atom stereocenters. The van der Waals surface area contributed by atoms with Crippen molar-refractivity contribution in [3.8, 4) is 0 Å². The van der Waals surface area contributed by atoms with Gasteiger partial charge in [-0.1, -0.05) is 0 Å². The van der Waals surface area contributed by atoms with Gasteiger partial charge in [0.25, 0.3) is 5.56 Å². The average Bonchev–Trinajstić information content (AvgIpc) is 2.94. The minimum Gasteiger partial charge on any atom is -0.302 e. The second-order valence-electron chi connectivity index (χ2n) is 6.20. The van der Waals surface area contributed by atoms with Gasteiger partial charge in [-0.15, -0.1) is 0 Å². The molecule has 1 aromatic heterocycles. The summed E-state index contributed by atoms with van der Waals surface area (Å²) in [5, 5.41) is 0. The molecule has 0 aliphatic heterocycles. The van der Waals surface area contributed by atoms with Gasteiger partial charge in [0, 0.05) is 17.8 Å². The molecule has 1 aliphatic rings. The Bertz CT molecular complexity index is 980. The SMILES string of the molecule is Cc1cn(C2CCC(COP(=O)(O)OP(=O)(O)OP(=O)(O)O)C2)c(=O)[nH]c1=O. The van der Waals surface area contributed by atoms with Crippen LogP contribution in [0.2, 0.25) is 0 Å². The summed E-state index contributed by atoms with van der Waals surface area (Å²) >= 11 is 0. The van der Waals surface area contributed by atoms with Crippen LogP contribution in [-0.2, 0) is 26.8 Å². The predicted octanol–water partition coefficient (Wildman–Crippen LogP) is 0.530. The fraction of sp³-hybridized carbons (Fsp3) is 0.636. The van der Waals surface area contributed by atoms with E-state index in [1.165, 1.54) is 17.7 Å². The van der Waals surface area contributed by atoms with Crippen molar-refractivity contribution in [3.63, 3.8) is 0 Å². The highest BCUT2D eigenvalue weighted by Gasteiger charge is 2.41. The summed E-state index contributed by atoms with van der Waals surface area (Å²) in [6, 6.07) is -0.294. The molecule has 5 N–H and O–H groups in total. The fourth-order valence-electron chi connectivity index (χ4n) is 2.81. The van der Waals surface area contributed by atoms with Crippen LogP contribution in [0.4, 0.5) is 0 Å². The lowest BCUT2D eigenvalue weighted by Gasteiger charge is -2.18. The largest absolute Gasteiger partial charge is 0.490 e. The van der Waals surface area contributed by atoms with Crippen molar-refractivity contribution in [2.45, 2.75) is 32.2 Å². The predicted molar refractivity (Wildman–Crippen MR) is 92.3 cm³/mol. The summed E-state index contributed by atoms with van der Waals surface area (Å²) in [7, 11) is -16.2. The number of aryl methyl sites for hydroxylation is 1. The molecular weight excluding hydrogens is 445 g/mol. The first kappa shape index (κ1) is 23.4. The first-order valence-corrected chi connectivity index (χ1v) is 12.3. The van der Waals surface area contributed by atoms with E-state index in [0.717, 1.165) is 0 Å². The molecule has 1 saturated carbocycles. The Labute approximate surface area is 157 Å². The number of nitrogens with zero attached hydrogens (tertiary/aromatic N) is 1. The zero-order valence-electron chi connectivity index (χ0n) is 14.4. The highest BCUT2D eigenvalue weighted by Crippen LogP contribution is 2.66. The number of nitrogens with one attached hydrogen (secondary N) is 1. The number of hydrogen-bond acceptors (Lipinski definition) is 8. The molecule has 0 bridgehead atoms. The Kier molecular flexibility index (Phi) is 7.05. The number of aromatic amines is 1. The minimum absolute atomic E-state index is 0.294. The summed E-state index contributed by atoms with van der Waals surface area (Å²) in [6.45, 7) is 1.15. The second-order valence-corrected chi connectivity index (χ2v) is 10.6. The van der Waals surface area contributed by atoms with E-state index >= 15 is 0 Å². The minimum atomic E-state index is -5.55. The van der Waals surface area contributed by atoms with Crippen molar-refractivity contribution in [3.05, 3.63) is 32.6 Å². The smallest absolute Gasteiger partial charge is 0.302 e. The van der Waals surface area contributed by atoms with Crippen LogP contribution in [-0.4, -0.2) is 35.7 Å². The molecule has 0 amide bonds. The monoisotopic (exact) mass is 464 g/mol. The van der Waals surface area contributed by atoms with Gasteiger partial charge in [0.15, 0.2) is 0 Å². The van der Waals surface area contributed by atoms with E-state index in [-0.39, 0.29) is 12.0 Å². The van der Waals surface area contributed by atoms with Crippen molar-refractivity contribution < 1.29 is 46.4 Å². The van der Waals surface area contributed by atoms with Crippen molar-refractivity contribution in [2.75, 3.05) is 6.61 Å². The summed E-state index contributed by atoms with van der Waals surface area (Å²) in [6.07, 6.45) is 2.75. The van der Waals surface area contributed by atoms with Gasteiger partial charge in [-0.05, 0) is 32.1 Å². The van der Waals surface area contributed by atoms with Crippen LogP contribution in [0.25, 0.3) is 0 Å². The van der Waals surface area contributed by atoms with Crippen molar-refractivity contribution in [1.82, 2.24) is 9.55 Å². The Balaban J connectivity index is 1.95. The number of phosphoric ester groups is 1. The van der Waals surface area contributed by atoms with Crippen LogP contribution in [0.5, 0.6) is 0 Å². The van der Waals surface area contributed by atoms with Gasteiger partial charge in [-0.25, -0.2) is 18.5 Å². The quantitative estimate of drug-likeness (QED) is 0.333. The summed E-state index contributed by atoms with van der Waals surface area (Å²) in [5.41, 5.74) is -0.742. The lowest BCUT2D eigenvalue weighted by atomic mass is 10.1. The van der Waals surface area contributed by atoms with E-state index in [1.54, 1.807) is 0 Å². The standard InChI is InChI=1S/C11H19N2O12P3/c1-7-5-13(11(15)12-10(7)14)9-3-2-8(4-9)6-23-27(19,20)25-28(21,22)24-26(16,17)18/h5,8-9H,2-4,6H2,1H3,(H,19,20)(H,21,22)(H,12,14,15)(H2,16,17,18). The Hall–Kier alpha value is -0.910. The molecule has 160 valence electrons. The third-order valence-corrected chi connectivity index (χ3v) is 7.74. The van der Waals surface area contributed by atoms with Crippen molar-refractivity contribution >= 4 is 23.5 Å². The second kappa shape index (κ2) is 8.45. The molecule has 0 saturated heterocycles. The third-order valence-electron chi connectivity index (χ3n) is 3.94. The lowest BCUT2D eigenvalue weighted by Crippen LogP contribution is -2.32. The Morgan fingerprint density at radius 3 is 2.36 bits per heavy atom. The van der Waals surface area contributed by atoms with Crippen LogP contribution in [0.1, 0.15) is 30.9 Å². The van der Waals surface area contributed by atoms with Crippen LogP contribution >= 0.6 is 23.5 Å². The molecule has 1 aromatic rings. The van der Waals surface area contributed by atoms with Crippen LogP contribution in [0, 0.1) is 12.8 Å². The normalized spacial score (nSPS) is 24.6. The van der Waals surface area contributed by atoms with E-state index in [2.05, 4.69) is 18.1 Å². The van der Waals surface area contributed by atoms with Gasteiger partial charge in [0.1, 0.15) is 0 Å². The van der Waals surface area contributed by atoms with Gasteiger partial charge in [0.2, 0.25) is 0 Å². The molecule has 1 fully saturated rings. The average molecular weight is 464 g/mol.